The minimum atomic E-state index is -3.57. The molecule has 3 rings (SSSR count). The van der Waals surface area contributed by atoms with Gasteiger partial charge in [-0.15, -0.1) is 0 Å². The van der Waals surface area contributed by atoms with Crippen molar-refractivity contribution >= 4 is 39.0 Å². The number of anilines is 1. The summed E-state index contributed by atoms with van der Waals surface area (Å²) in [6, 6.07) is 4.92. The van der Waals surface area contributed by atoms with Crippen molar-refractivity contribution in [1.29, 1.82) is 0 Å². The molecule has 1 saturated carbocycles. The quantitative estimate of drug-likeness (QED) is 0.825. The van der Waals surface area contributed by atoms with Gasteiger partial charge >= 0.3 is 0 Å². The molecule has 1 spiro atoms. The lowest BCUT2D eigenvalue weighted by molar-refractivity contribution is 0.305. The zero-order chi connectivity index (χ0) is 17.5. The minimum absolute atomic E-state index is 0.0328. The summed E-state index contributed by atoms with van der Waals surface area (Å²) >= 11 is 6.19. The lowest BCUT2D eigenvalue weighted by atomic mass is 9.87. The van der Waals surface area contributed by atoms with Gasteiger partial charge in [0.05, 0.1) is 10.7 Å². The molecule has 24 heavy (non-hydrogen) atoms. The van der Waals surface area contributed by atoms with Crippen LogP contribution in [-0.2, 0) is 9.84 Å². The zero-order valence-corrected chi connectivity index (χ0v) is 14.9. The molecule has 0 aromatic heterocycles. The van der Waals surface area contributed by atoms with Crippen LogP contribution in [0, 0.1) is 0 Å². The molecule has 1 aliphatic heterocycles. The van der Waals surface area contributed by atoms with E-state index in [-0.39, 0.29) is 21.8 Å². The summed E-state index contributed by atoms with van der Waals surface area (Å²) in [5.41, 5.74) is 11.7. The molecule has 1 fully saturated rings. The van der Waals surface area contributed by atoms with Crippen molar-refractivity contribution in [3.8, 4) is 0 Å². The number of hydrogen-bond acceptors (Lipinski definition) is 7. The van der Waals surface area contributed by atoms with Crippen LogP contribution in [0.2, 0.25) is 5.02 Å². The molecule has 0 bridgehead atoms. The van der Waals surface area contributed by atoms with Crippen molar-refractivity contribution in [3.05, 3.63) is 23.2 Å². The number of nitrogens with two attached hydrogens (primary N) is 2. The Kier molecular flexibility index (Phi) is 4.21. The van der Waals surface area contributed by atoms with E-state index in [0.717, 1.165) is 38.4 Å². The first-order valence-corrected chi connectivity index (χ1v) is 10.00. The van der Waals surface area contributed by atoms with Crippen molar-refractivity contribution in [2.75, 3.05) is 11.2 Å². The number of rotatable bonds is 2. The van der Waals surface area contributed by atoms with Crippen LogP contribution in [0.3, 0.4) is 0 Å². The second kappa shape index (κ2) is 5.93. The topological polar surface area (TPSA) is 114 Å². The van der Waals surface area contributed by atoms with Gasteiger partial charge in [0.1, 0.15) is 10.6 Å². The molecular formula is C15H20ClN5O2S. The molecule has 1 heterocycles. The maximum atomic E-state index is 12.3. The smallest absolute Gasteiger partial charge is 0.220 e. The molecule has 9 heteroatoms. The summed E-state index contributed by atoms with van der Waals surface area (Å²) in [4.78, 5) is 10.3. The molecule has 4 N–H and O–H groups in total. The third-order valence-corrected chi connectivity index (χ3v) is 6.01. The number of benzene rings is 1. The monoisotopic (exact) mass is 369 g/mol. The van der Waals surface area contributed by atoms with Crippen LogP contribution in [0.15, 0.2) is 33.1 Å². The molecular weight excluding hydrogens is 350 g/mol. The highest BCUT2D eigenvalue weighted by Crippen LogP contribution is 2.42. The van der Waals surface area contributed by atoms with Crippen molar-refractivity contribution in [2.24, 2.45) is 21.5 Å². The molecule has 0 amide bonds. The SMILES string of the molecule is CS(=O)(=O)c1c(Cl)cccc1N1C(N)=NC(N)=NC12CCCCC2. The van der Waals surface area contributed by atoms with E-state index in [2.05, 4.69) is 9.98 Å². The Bertz CT molecular complexity index is 828. The molecule has 7 nitrogen and oxygen atoms in total. The van der Waals surface area contributed by atoms with E-state index in [1.807, 2.05) is 0 Å². The second-order valence-electron chi connectivity index (χ2n) is 6.18. The highest BCUT2D eigenvalue weighted by atomic mass is 35.5. The summed E-state index contributed by atoms with van der Waals surface area (Å²) in [5.74, 6) is 0.255. The fraction of sp³-hybridized carbons (Fsp3) is 0.467. The van der Waals surface area contributed by atoms with Gasteiger partial charge < -0.3 is 11.5 Å². The van der Waals surface area contributed by atoms with Gasteiger partial charge in [0.15, 0.2) is 9.84 Å². The van der Waals surface area contributed by atoms with Crippen LogP contribution in [0.5, 0.6) is 0 Å². The molecule has 1 aromatic rings. The minimum Gasteiger partial charge on any atom is -0.369 e. The Morgan fingerprint density at radius 1 is 1.21 bits per heavy atom. The molecule has 0 atom stereocenters. The Morgan fingerprint density at radius 2 is 1.88 bits per heavy atom. The van der Waals surface area contributed by atoms with E-state index in [4.69, 9.17) is 23.1 Å². The Hall–Kier alpha value is -1.80. The number of guanidine groups is 2. The standard InChI is InChI=1S/C15H20ClN5O2S/c1-24(22,23)12-10(16)6-5-7-11(12)21-14(18)19-13(17)20-15(21)8-3-2-4-9-15/h5-7H,2-4,8-9H2,1H3,(H4,17,18,19,20). The summed E-state index contributed by atoms with van der Waals surface area (Å²) in [7, 11) is -3.57. The number of halogens is 1. The van der Waals surface area contributed by atoms with Crippen molar-refractivity contribution < 1.29 is 8.42 Å². The maximum absolute atomic E-state index is 12.3. The van der Waals surface area contributed by atoms with E-state index in [0.29, 0.717) is 5.69 Å². The van der Waals surface area contributed by atoms with E-state index in [1.54, 1.807) is 23.1 Å². The molecule has 130 valence electrons. The Morgan fingerprint density at radius 3 is 2.50 bits per heavy atom. The van der Waals surface area contributed by atoms with Crippen molar-refractivity contribution in [3.63, 3.8) is 0 Å². The van der Waals surface area contributed by atoms with Crippen LogP contribution in [-0.4, -0.2) is 32.3 Å². The van der Waals surface area contributed by atoms with Crippen LogP contribution in [0.4, 0.5) is 5.69 Å². The number of hydrogen-bond donors (Lipinski definition) is 2. The van der Waals surface area contributed by atoms with Crippen LogP contribution in [0.1, 0.15) is 32.1 Å². The largest absolute Gasteiger partial charge is 0.369 e. The highest BCUT2D eigenvalue weighted by Gasteiger charge is 2.44. The predicted molar refractivity (Wildman–Crippen MR) is 96.1 cm³/mol. The van der Waals surface area contributed by atoms with Crippen molar-refractivity contribution in [1.82, 2.24) is 0 Å². The number of sulfone groups is 1. The third kappa shape index (κ3) is 2.84. The Labute approximate surface area is 146 Å². The van der Waals surface area contributed by atoms with Crippen LogP contribution < -0.4 is 16.4 Å². The lowest BCUT2D eigenvalue weighted by Crippen LogP contribution is -2.58. The van der Waals surface area contributed by atoms with Crippen LogP contribution >= 0.6 is 11.6 Å². The van der Waals surface area contributed by atoms with Gasteiger partial charge in [-0.25, -0.2) is 13.4 Å². The summed E-state index contributed by atoms with van der Waals surface area (Å²) < 4.78 is 24.6. The Balaban J connectivity index is 2.24. The fourth-order valence-corrected chi connectivity index (χ4v) is 5.06. The number of aliphatic imine (C=N–C) groups is 2. The normalized spacial score (nSPS) is 20.7. The maximum Gasteiger partial charge on any atom is 0.220 e. The predicted octanol–water partition coefficient (Wildman–Crippen LogP) is 1.85. The van der Waals surface area contributed by atoms with Gasteiger partial charge in [0.25, 0.3) is 0 Å². The molecule has 2 aliphatic rings. The van der Waals surface area contributed by atoms with Gasteiger partial charge in [-0.1, -0.05) is 24.1 Å². The van der Waals surface area contributed by atoms with Gasteiger partial charge in [0.2, 0.25) is 11.9 Å². The molecule has 0 radical (unpaired) electrons. The van der Waals surface area contributed by atoms with Gasteiger partial charge in [-0.05, 0) is 37.8 Å². The first-order chi connectivity index (χ1) is 11.2. The van der Waals surface area contributed by atoms with Crippen LogP contribution in [0.25, 0.3) is 0 Å². The first-order valence-electron chi connectivity index (χ1n) is 7.73. The van der Waals surface area contributed by atoms with Gasteiger partial charge in [-0.2, -0.15) is 4.99 Å². The molecule has 1 aliphatic carbocycles. The van der Waals surface area contributed by atoms with Gasteiger partial charge in [0, 0.05) is 6.26 Å². The second-order valence-corrected chi connectivity index (χ2v) is 8.54. The average molecular weight is 370 g/mol. The van der Waals surface area contributed by atoms with E-state index in [1.165, 1.54) is 0 Å². The molecule has 0 saturated heterocycles. The fourth-order valence-electron chi connectivity index (χ4n) is 3.51. The molecule has 0 unspecified atom stereocenters. The lowest BCUT2D eigenvalue weighted by Gasteiger charge is -2.46. The first kappa shape index (κ1) is 17.0. The van der Waals surface area contributed by atoms with E-state index >= 15 is 0 Å². The van der Waals surface area contributed by atoms with Gasteiger partial charge in [-0.3, -0.25) is 4.90 Å². The number of nitrogens with zero attached hydrogens (tertiary/aromatic N) is 3. The summed E-state index contributed by atoms with van der Waals surface area (Å²) in [6.45, 7) is 0. The van der Waals surface area contributed by atoms with Crippen molar-refractivity contribution in [2.45, 2.75) is 42.7 Å². The summed E-state index contributed by atoms with van der Waals surface area (Å²) in [5, 5.41) is 0.149. The third-order valence-electron chi connectivity index (χ3n) is 4.41. The van der Waals surface area contributed by atoms with E-state index < -0.39 is 15.5 Å². The average Bonchev–Trinajstić information content (AvgIpc) is 2.45. The summed E-state index contributed by atoms with van der Waals surface area (Å²) in [6.07, 6.45) is 5.57. The zero-order valence-electron chi connectivity index (χ0n) is 13.4. The van der Waals surface area contributed by atoms with E-state index in [9.17, 15) is 8.42 Å². The molecule has 1 aromatic carbocycles. The highest BCUT2D eigenvalue weighted by molar-refractivity contribution is 7.91.